The number of morpholine rings is 1. The third kappa shape index (κ3) is 2.75. The summed E-state index contributed by atoms with van der Waals surface area (Å²) in [6, 6.07) is 1.89. The largest absolute Gasteiger partial charge is 0.378 e. The van der Waals surface area contributed by atoms with Gasteiger partial charge in [0.1, 0.15) is 10.7 Å². The van der Waals surface area contributed by atoms with Gasteiger partial charge < -0.3 is 23.7 Å². The second-order valence-corrected chi connectivity index (χ2v) is 6.58. The van der Waals surface area contributed by atoms with Gasteiger partial charge in [-0.15, -0.1) is 0 Å². The van der Waals surface area contributed by atoms with Crippen LogP contribution in [0.1, 0.15) is 0 Å². The van der Waals surface area contributed by atoms with E-state index in [1.807, 2.05) is 17.0 Å². The number of hydrogen-bond donors (Lipinski definition) is 0. The average Bonchev–Trinajstić information content (AvgIpc) is 3.15. The lowest BCUT2D eigenvalue weighted by Gasteiger charge is -2.29. The molecule has 0 radical (unpaired) electrons. The van der Waals surface area contributed by atoms with Crippen molar-refractivity contribution in [3.8, 4) is 0 Å². The normalized spacial score (nSPS) is 27.0. The summed E-state index contributed by atoms with van der Waals surface area (Å²) < 4.78 is 18.4. The monoisotopic (exact) mass is 352 g/mol. The molecule has 130 valence electrons. The summed E-state index contributed by atoms with van der Waals surface area (Å²) in [4.78, 5) is 11.3. The Hall–Kier alpha value is -1.41. The van der Waals surface area contributed by atoms with Crippen LogP contribution in [0.25, 0.3) is 11.2 Å². The molecule has 2 fully saturated rings. The van der Waals surface area contributed by atoms with Crippen molar-refractivity contribution in [3.05, 3.63) is 17.5 Å². The van der Waals surface area contributed by atoms with Crippen LogP contribution in [0.15, 0.2) is 12.4 Å². The smallest absolute Gasteiger partial charge is 0.163 e. The van der Waals surface area contributed by atoms with Crippen LogP contribution in [-0.4, -0.2) is 67.3 Å². The van der Waals surface area contributed by atoms with Crippen molar-refractivity contribution >= 4 is 28.5 Å². The highest BCUT2D eigenvalue weighted by Crippen LogP contribution is 2.39. The Balaban J connectivity index is 1.65. The van der Waals surface area contributed by atoms with Gasteiger partial charge in [-0.1, -0.05) is 11.6 Å². The van der Waals surface area contributed by atoms with Crippen molar-refractivity contribution in [2.24, 2.45) is 5.92 Å². The van der Waals surface area contributed by atoms with E-state index in [9.17, 15) is 0 Å². The van der Waals surface area contributed by atoms with Gasteiger partial charge >= 0.3 is 0 Å². The summed E-state index contributed by atoms with van der Waals surface area (Å²) in [6.07, 6.45) is 2.09. The van der Waals surface area contributed by atoms with Gasteiger partial charge in [0.25, 0.3) is 0 Å². The number of rotatable bonds is 5. The molecule has 0 bridgehead atoms. The zero-order valence-electron chi connectivity index (χ0n) is 13.8. The topological polar surface area (TPSA) is 61.6 Å². The molecule has 0 aromatic carbocycles. The number of imidazole rings is 1. The predicted octanol–water partition coefficient (Wildman–Crippen LogP) is 1.58. The molecule has 1 saturated carbocycles. The number of anilines is 1. The van der Waals surface area contributed by atoms with Gasteiger partial charge in [0, 0.05) is 45.8 Å². The van der Waals surface area contributed by atoms with E-state index in [0.717, 1.165) is 49.7 Å². The van der Waals surface area contributed by atoms with Gasteiger partial charge in [0.15, 0.2) is 5.65 Å². The fourth-order valence-corrected chi connectivity index (χ4v) is 3.72. The Morgan fingerprint density at radius 2 is 1.96 bits per heavy atom. The van der Waals surface area contributed by atoms with E-state index in [4.69, 9.17) is 25.8 Å². The molecule has 1 aliphatic carbocycles. The summed E-state index contributed by atoms with van der Waals surface area (Å²) in [6.45, 7) is 3.86. The summed E-state index contributed by atoms with van der Waals surface area (Å²) in [5.74, 6) is 0.310. The minimum Gasteiger partial charge on any atom is -0.378 e. The quantitative estimate of drug-likeness (QED) is 0.761. The average molecular weight is 353 g/mol. The van der Waals surface area contributed by atoms with Gasteiger partial charge in [0.2, 0.25) is 0 Å². The third-order valence-electron chi connectivity index (χ3n) is 4.85. The minimum atomic E-state index is 0.130. The molecule has 1 saturated heterocycles. The molecule has 7 nitrogen and oxygen atoms in total. The fourth-order valence-electron chi connectivity index (χ4n) is 3.53. The SMILES string of the molecule is COC1C(Cn2cnc3c(N4CCOCC4)cc(Cl)nc32)C1OC. The maximum absolute atomic E-state index is 6.28. The van der Waals surface area contributed by atoms with Crippen molar-refractivity contribution in [1.29, 1.82) is 0 Å². The zero-order valence-corrected chi connectivity index (χ0v) is 14.6. The molecule has 0 N–H and O–H groups in total. The lowest BCUT2D eigenvalue weighted by molar-refractivity contribution is 0.0972. The van der Waals surface area contributed by atoms with Gasteiger partial charge in [-0.25, -0.2) is 9.97 Å². The number of pyridine rings is 1. The van der Waals surface area contributed by atoms with Crippen LogP contribution in [-0.2, 0) is 20.8 Å². The van der Waals surface area contributed by atoms with E-state index >= 15 is 0 Å². The van der Waals surface area contributed by atoms with E-state index in [1.54, 1.807) is 14.2 Å². The molecule has 4 rings (SSSR count). The number of fused-ring (bicyclic) bond motifs is 1. The van der Waals surface area contributed by atoms with Crippen molar-refractivity contribution in [2.75, 3.05) is 45.4 Å². The van der Waals surface area contributed by atoms with Crippen LogP contribution in [0.2, 0.25) is 5.15 Å². The second kappa shape index (κ2) is 6.48. The zero-order chi connectivity index (χ0) is 16.7. The van der Waals surface area contributed by atoms with E-state index in [0.29, 0.717) is 11.1 Å². The van der Waals surface area contributed by atoms with Crippen molar-refractivity contribution in [2.45, 2.75) is 18.8 Å². The molecule has 2 aliphatic rings. The summed E-state index contributed by atoms with van der Waals surface area (Å²) in [5.41, 5.74) is 2.71. The summed E-state index contributed by atoms with van der Waals surface area (Å²) in [5, 5.41) is 0.480. The van der Waals surface area contributed by atoms with E-state index in [-0.39, 0.29) is 12.2 Å². The maximum atomic E-state index is 6.28. The van der Waals surface area contributed by atoms with Crippen molar-refractivity contribution < 1.29 is 14.2 Å². The Kier molecular flexibility index (Phi) is 4.34. The first-order chi connectivity index (χ1) is 11.7. The van der Waals surface area contributed by atoms with E-state index < -0.39 is 0 Å². The van der Waals surface area contributed by atoms with Crippen LogP contribution < -0.4 is 4.90 Å². The lowest BCUT2D eigenvalue weighted by atomic mass is 10.3. The second-order valence-electron chi connectivity index (χ2n) is 6.20. The molecule has 24 heavy (non-hydrogen) atoms. The number of nitrogens with zero attached hydrogens (tertiary/aromatic N) is 4. The number of methoxy groups -OCH3 is 2. The summed E-state index contributed by atoms with van der Waals surface area (Å²) in [7, 11) is 3.43. The van der Waals surface area contributed by atoms with Crippen molar-refractivity contribution in [1.82, 2.24) is 14.5 Å². The first kappa shape index (κ1) is 16.1. The third-order valence-corrected chi connectivity index (χ3v) is 5.05. The first-order valence-corrected chi connectivity index (χ1v) is 8.50. The Labute approximate surface area is 145 Å². The van der Waals surface area contributed by atoms with E-state index in [2.05, 4.69) is 14.9 Å². The standard InChI is InChI=1S/C16H21ClN4O3/c1-22-14-10(15(14)23-2)8-21-9-18-13-11(7-12(17)19-16(13)21)20-3-5-24-6-4-20/h7,9-10,14-15H,3-6,8H2,1-2H3. The highest BCUT2D eigenvalue weighted by Gasteiger charge is 2.51. The number of halogens is 1. The molecule has 1 aliphatic heterocycles. The van der Waals surface area contributed by atoms with Crippen LogP contribution >= 0.6 is 11.6 Å². The van der Waals surface area contributed by atoms with E-state index in [1.165, 1.54) is 0 Å². The highest BCUT2D eigenvalue weighted by molar-refractivity contribution is 6.30. The van der Waals surface area contributed by atoms with Gasteiger partial charge in [-0.2, -0.15) is 0 Å². The molecular weight excluding hydrogens is 332 g/mol. The van der Waals surface area contributed by atoms with Gasteiger partial charge in [-0.3, -0.25) is 0 Å². The maximum Gasteiger partial charge on any atom is 0.163 e. The Bertz CT molecular complexity index is 721. The Morgan fingerprint density at radius 1 is 1.25 bits per heavy atom. The van der Waals surface area contributed by atoms with Crippen LogP contribution in [0.3, 0.4) is 0 Å². The van der Waals surface area contributed by atoms with Crippen LogP contribution in [0, 0.1) is 5.92 Å². The molecular formula is C16H21ClN4O3. The molecule has 2 atom stereocenters. The van der Waals surface area contributed by atoms with Crippen molar-refractivity contribution in [3.63, 3.8) is 0 Å². The van der Waals surface area contributed by atoms with Gasteiger partial charge in [0.05, 0.1) is 37.4 Å². The molecule has 3 heterocycles. The molecule has 8 heteroatoms. The minimum absolute atomic E-state index is 0.130. The molecule has 0 amide bonds. The number of hydrogen-bond acceptors (Lipinski definition) is 6. The number of aromatic nitrogens is 3. The predicted molar refractivity (Wildman–Crippen MR) is 90.7 cm³/mol. The van der Waals surface area contributed by atoms with Crippen LogP contribution in [0.4, 0.5) is 5.69 Å². The molecule has 0 spiro atoms. The summed E-state index contributed by atoms with van der Waals surface area (Å²) >= 11 is 6.28. The molecule has 2 aromatic rings. The molecule has 2 aromatic heterocycles. The fraction of sp³-hybridized carbons (Fsp3) is 0.625. The number of ether oxygens (including phenoxy) is 3. The van der Waals surface area contributed by atoms with Gasteiger partial charge in [-0.05, 0) is 0 Å². The Morgan fingerprint density at radius 3 is 2.62 bits per heavy atom. The highest BCUT2D eigenvalue weighted by atomic mass is 35.5. The lowest BCUT2D eigenvalue weighted by Crippen LogP contribution is -2.36. The van der Waals surface area contributed by atoms with Crippen LogP contribution in [0.5, 0.6) is 0 Å². The first-order valence-electron chi connectivity index (χ1n) is 8.12. The molecule has 2 unspecified atom stereocenters.